The minimum absolute atomic E-state index is 0.0395. The molecular weight excluding hydrogens is 260 g/mol. The molecule has 1 aliphatic rings. The van der Waals surface area contributed by atoms with Crippen LogP contribution in [0.15, 0.2) is 42.5 Å². The van der Waals surface area contributed by atoms with Crippen molar-refractivity contribution in [3.8, 4) is 0 Å². The zero-order valence-corrected chi connectivity index (χ0v) is 12.2. The number of benzene rings is 2. The fraction of sp³-hybridized carbons (Fsp3) is 0.278. The topological polar surface area (TPSA) is 55.1 Å². The first-order valence-electron chi connectivity index (χ1n) is 7.40. The Morgan fingerprint density at radius 1 is 1.24 bits per heavy atom. The van der Waals surface area contributed by atoms with E-state index in [1.54, 1.807) is 0 Å². The molecule has 0 aliphatic heterocycles. The SMILES string of the molecule is Cc1ccc(NC(=O)C2CCCc3ccccc32)c(N)c1. The van der Waals surface area contributed by atoms with Gasteiger partial charge in [-0.1, -0.05) is 30.3 Å². The van der Waals surface area contributed by atoms with Crippen LogP contribution in [0.2, 0.25) is 0 Å². The fourth-order valence-corrected chi connectivity index (χ4v) is 3.04. The van der Waals surface area contributed by atoms with Gasteiger partial charge in [-0.3, -0.25) is 4.79 Å². The van der Waals surface area contributed by atoms with E-state index in [1.807, 2.05) is 37.3 Å². The molecule has 1 amide bonds. The van der Waals surface area contributed by atoms with Crippen molar-refractivity contribution >= 4 is 17.3 Å². The third kappa shape index (κ3) is 2.77. The lowest BCUT2D eigenvalue weighted by Crippen LogP contribution is -2.25. The van der Waals surface area contributed by atoms with Crippen LogP contribution >= 0.6 is 0 Å². The second-order valence-corrected chi connectivity index (χ2v) is 5.72. The number of aryl methyl sites for hydroxylation is 2. The summed E-state index contributed by atoms with van der Waals surface area (Å²) in [4.78, 5) is 12.6. The van der Waals surface area contributed by atoms with Gasteiger partial charge < -0.3 is 11.1 Å². The Labute approximate surface area is 125 Å². The van der Waals surface area contributed by atoms with Gasteiger partial charge in [-0.25, -0.2) is 0 Å². The maximum absolute atomic E-state index is 12.6. The summed E-state index contributed by atoms with van der Waals surface area (Å²) >= 11 is 0. The van der Waals surface area contributed by atoms with Crippen molar-refractivity contribution < 1.29 is 4.79 Å². The zero-order valence-electron chi connectivity index (χ0n) is 12.2. The highest BCUT2D eigenvalue weighted by Crippen LogP contribution is 2.33. The molecule has 0 radical (unpaired) electrons. The van der Waals surface area contributed by atoms with E-state index in [1.165, 1.54) is 5.56 Å². The third-order valence-electron chi connectivity index (χ3n) is 4.15. The molecular formula is C18H20N2O. The molecule has 1 unspecified atom stereocenters. The van der Waals surface area contributed by atoms with Gasteiger partial charge in [0.1, 0.15) is 0 Å². The molecule has 2 aromatic rings. The van der Waals surface area contributed by atoms with E-state index >= 15 is 0 Å². The van der Waals surface area contributed by atoms with E-state index in [9.17, 15) is 4.79 Å². The molecule has 1 aliphatic carbocycles. The molecule has 3 nitrogen and oxygen atoms in total. The lowest BCUT2D eigenvalue weighted by Gasteiger charge is -2.25. The molecule has 0 fully saturated rings. The van der Waals surface area contributed by atoms with Crippen LogP contribution in [0, 0.1) is 6.92 Å². The van der Waals surface area contributed by atoms with Crippen molar-refractivity contribution in [1.29, 1.82) is 0 Å². The average Bonchev–Trinajstić information content (AvgIpc) is 2.49. The highest BCUT2D eigenvalue weighted by molar-refractivity contribution is 5.98. The Bertz CT molecular complexity index is 679. The normalized spacial score (nSPS) is 17.1. The standard InChI is InChI=1S/C18H20N2O/c1-12-9-10-17(16(19)11-12)20-18(21)15-8-4-6-13-5-2-3-7-14(13)15/h2-3,5,7,9-11,15H,4,6,8,19H2,1H3,(H,20,21). The molecule has 0 bridgehead atoms. The first-order valence-corrected chi connectivity index (χ1v) is 7.40. The van der Waals surface area contributed by atoms with Crippen LogP contribution in [-0.2, 0) is 11.2 Å². The highest BCUT2D eigenvalue weighted by Gasteiger charge is 2.26. The number of fused-ring (bicyclic) bond motifs is 1. The predicted octanol–water partition coefficient (Wildman–Crippen LogP) is 3.64. The first kappa shape index (κ1) is 13.7. The number of rotatable bonds is 2. The maximum atomic E-state index is 12.6. The number of nitrogens with one attached hydrogen (secondary N) is 1. The van der Waals surface area contributed by atoms with Gasteiger partial charge in [0.15, 0.2) is 0 Å². The van der Waals surface area contributed by atoms with E-state index in [0.717, 1.165) is 30.4 Å². The number of amides is 1. The van der Waals surface area contributed by atoms with Crippen LogP contribution in [0.4, 0.5) is 11.4 Å². The molecule has 1 atom stereocenters. The van der Waals surface area contributed by atoms with Crippen LogP contribution in [-0.4, -0.2) is 5.91 Å². The van der Waals surface area contributed by atoms with E-state index in [2.05, 4.69) is 17.4 Å². The van der Waals surface area contributed by atoms with E-state index in [4.69, 9.17) is 5.73 Å². The molecule has 2 aromatic carbocycles. The van der Waals surface area contributed by atoms with Crippen molar-refractivity contribution in [2.45, 2.75) is 32.1 Å². The summed E-state index contributed by atoms with van der Waals surface area (Å²) in [5, 5.41) is 2.98. The van der Waals surface area contributed by atoms with Gasteiger partial charge in [-0.2, -0.15) is 0 Å². The van der Waals surface area contributed by atoms with Gasteiger partial charge in [-0.05, 0) is 55.0 Å². The van der Waals surface area contributed by atoms with Crippen LogP contribution in [0.3, 0.4) is 0 Å². The van der Waals surface area contributed by atoms with Crippen molar-refractivity contribution in [3.63, 3.8) is 0 Å². The summed E-state index contributed by atoms with van der Waals surface area (Å²) < 4.78 is 0. The summed E-state index contributed by atoms with van der Waals surface area (Å²) in [6, 6.07) is 13.9. The summed E-state index contributed by atoms with van der Waals surface area (Å²) in [6.07, 6.45) is 3.01. The number of nitrogens with two attached hydrogens (primary N) is 1. The van der Waals surface area contributed by atoms with Gasteiger partial charge in [0, 0.05) is 0 Å². The Hall–Kier alpha value is -2.29. The van der Waals surface area contributed by atoms with E-state index < -0.39 is 0 Å². The summed E-state index contributed by atoms with van der Waals surface area (Å²) in [5.74, 6) is -0.0339. The first-order chi connectivity index (χ1) is 10.1. The predicted molar refractivity (Wildman–Crippen MR) is 86.3 cm³/mol. The molecule has 108 valence electrons. The molecule has 3 rings (SSSR count). The van der Waals surface area contributed by atoms with E-state index in [0.29, 0.717) is 11.4 Å². The molecule has 21 heavy (non-hydrogen) atoms. The van der Waals surface area contributed by atoms with Gasteiger partial charge >= 0.3 is 0 Å². The summed E-state index contributed by atoms with van der Waals surface area (Å²) in [6.45, 7) is 1.99. The minimum Gasteiger partial charge on any atom is -0.397 e. The number of hydrogen-bond acceptors (Lipinski definition) is 2. The Morgan fingerprint density at radius 2 is 2.05 bits per heavy atom. The average molecular weight is 280 g/mol. The molecule has 0 aromatic heterocycles. The number of hydrogen-bond donors (Lipinski definition) is 2. The van der Waals surface area contributed by atoms with Crippen LogP contribution in [0.25, 0.3) is 0 Å². The largest absolute Gasteiger partial charge is 0.397 e. The van der Waals surface area contributed by atoms with Crippen molar-refractivity contribution in [1.82, 2.24) is 0 Å². The number of nitrogen functional groups attached to an aromatic ring is 1. The summed E-state index contributed by atoms with van der Waals surface area (Å²) in [7, 11) is 0. The van der Waals surface area contributed by atoms with Gasteiger partial charge in [0.05, 0.1) is 17.3 Å². The zero-order chi connectivity index (χ0) is 14.8. The summed E-state index contributed by atoms with van der Waals surface area (Å²) in [5.41, 5.74) is 10.8. The second kappa shape index (κ2) is 5.60. The molecule has 0 saturated heterocycles. The monoisotopic (exact) mass is 280 g/mol. The molecule has 0 saturated carbocycles. The third-order valence-corrected chi connectivity index (χ3v) is 4.15. The van der Waals surface area contributed by atoms with Crippen LogP contribution < -0.4 is 11.1 Å². The van der Waals surface area contributed by atoms with Crippen LogP contribution in [0.5, 0.6) is 0 Å². The highest BCUT2D eigenvalue weighted by atomic mass is 16.1. The molecule has 3 N–H and O–H groups in total. The Kier molecular flexibility index (Phi) is 3.65. The minimum atomic E-state index is -0.0735. The van der Waals surface area contributed by atoms with Gasteiger partial charge in [0.2, 0.25) is 5.91 Å². The van der Waals surface area contributed by atoms with Crippen molar-refractivity contribution in [2.24, 2.45) is 0 Å². The van der Waals surface area contributed by atoms with E-state index in [-0.39, 0.29) is 11.8 Å². The Morgan fingerprint density at radius 3 is 2.86 bits per heavy atom. The Balaban J connectivity index is 1.83. The smallest absolute Gasteiger partial charge is 0.231 e. The quantitative estimate of drug-likeness (QED) is 0.825. The van der Waals surface area contributed by atoms with Crippen molar-refractivity contribution in [3.05, 3.63) is 59.2 Å². The maximum Gasteiger partial charge on any atom is 0.231 e. The lowest BCUT2D eigenvalue weighted by molar-refractivity contribution is -0.117. The van der Waals surface area contributed by atoms with Gasteiger partial charge in [-0.15, -0.1) is 0 Å². The van der Waals surface area contributed by atoms with Gasteiger partial charge in [0.25, 0.3) is 0 Å². The van der Waals surface area contributed by atoms with Crippen LogP contribution in [0.1, 0.15) is 35.4 Å². The second-order valence-electron chi connectivity index (χ2n) is 5.72. The molecule has 3 heteroatoms. The molecule has 0 spiro atoms. The number of anilines is 2. The number of carbonyl (C=O) groups excluding carboxylic acids is 1. The number of carbonyl (C=O) groups is 1. The van der Waals surface area contributed by atoms with Crippen molar-refractivity contribution in [2.75, 3.05) is 11.1 Å². The lowest BCUT2D eigenvalue weighted by atomic mass is 9.82. The fourth-order valence-electron chi connectivity index (χ4n) is 3.04. The molecule has 0 heterocycles.